The van der Waals surface area contributed by atoms with Crippen LogP contribution in [-0.2, 0) is 0 Å². The summed E-state index contributed by atoms with van der Waals surface area (Å²) < 4.78 is 15.4. The van der Waals surface area contributed by atoms with Crippen LogP contribution in [0, 0.1) is 5.82 Å². The molecule has 0 saturated carbocycles. The second kappa shape index (κ2) is 3.66. The van der Waals surface area contributed by atoms with Crippen molar-refractivity contribution in [2.75, 3.05) is 5.84 Å². The first-order chi connectivity index (χ1) is 8.66. The molecule has 0 saturated heterocycles. The molecule has 0 amide bonds. The van der Waals surface area contributed by atoms with Crippen LogP contribution in [0.15, 0.2) is 41.6 Å². The van der Waals surface area contributed by atoms with E-state index in [1.807, 2.05) is 0 Å². The molecule has 2 aromatic heterocycles. The minimum Gasteiger partial charge on any atom is -0.335 e. The molecule has 1 aromatic carbocycles. The number of halogens is 1. The van der Waals surface area contributed by atoms with Gasteiger partial charge < -0.3 is 5.84 Å². The molecule has 0 radical (unpaired) electrons. The Balaban J connectivity index is 2.32. The van der Waals surface area contributed by atoms with Crippen molar-refractivity contribution >= 4 is 11.0 Å². The fourth-order valence-corrected chi connectivity index (χ4v) is 1.72. The van der Waals surface area contributed by atoms with Gasteiger partial charge in [0.1, 0.15) is 17.5 Å². The van der Waals surface area contributed by atoms with E-state index < -0.39 is 5.56 Å². The summed E-state index contributed by atoms with van der Waals surface area (Å²) in [5.74, 6) is 5.02. The van der Waals surface area contributed by atoms with E-state index in [9.17, 15) is 9.18 Å². The lowest BCUT2D eigenvalue weighted by atomic mass is 10.3. The van der Waals surface area contributed by atoms with E-state index in [-0.39, 0.29) is 11.2 Å². The number of nitrogens with zero attached hydrogens (tertiary/aromatic N) is 4. The van der Waals surface area contributed by atoms with Crippen LogP contribution in [0.25, 0.3) is 16.7 Å². The molecule has 2 heterocycles. The molecule has 0 aliphatic rings. The van der Waals surface area contributed by atoms with Crippen molar-refractivity contribution in [3.63, 3.8) is 0 Å². The first kappa shape index (κ1) is 10.5. The normalized spacial score (nSPS) is 10.9. The number of hydrogen-bond donors (Lipinski definition) is 1. The second-order valence-electron chi connectivity index (χ2n) is 3.73. The zero-order valence-electron chi connectivity index (χ0n) is 9.12. The highest BCUT2D eigenvalue weighted by Crippen LogP contribution is 2.14. The van der Waals surface area contributed by atoms with Crippen molar-refractivity contribution in [3.8, 4) is 5.69 Å². The summed E-state index contributed by atoms with van der Waals surface area (Å²) in [5, 5.41) is 4.31. The molecule has 0 atom stereocenters. The topological polar surface area (TPSA) is 78.7 Å². The highest BCUT2D eigenvalue weighted by molar-refractivity contribution is 5.74. The summed E-state index contributed by atoms with van der Waals surface area (Å²) in [7, 11) is 0. The Labute approximate surface area is 100 Å². The van der Waals surface area contributed by atoms with Gasteiger partial charge in [-0.1, -0.05) is 6.07 Å². The average molecular weight is 245 g/mol. The summed E-state index contributed by atoms with van der Waals surface area (Å²) in [6.45, 7) is 0. The van der Waals surface area contributed by atoms with Crippen LogP contribution in [0.5, 0.6) is 0 Å². The Bertz CT molecular complexity index is 791. The van der Waals surface area contributed by atoms with Gasteiger partial charge in [-0.05, 0) is 18.2 Å². The molecular weight excluding hydrogens is 237 g/mol. The van der Waals surface area contributed by atoms with Crippen LogP contribution < -0.4 is 11.4 Å². The van der Waals surface area contributed by atoms with E-state index in [1.165, 1.54) is 29.3 Å². The molecule has 90 valence electrons. The van der Waals surface area contributed by atoms with Gasteiger partial charge in [0.25, 0.3) is 5.56 Å². The van der Waals surface area contributed by atoms with Gasteiger partial charge in [-0.2, -0.15) is 5.10 Å². The Morgan fingerprint density at radius 3 is 2.94 bits per heavy atom. The predicted molar refractivity (Wildman–Crippen MR) is 63.2 cm³/mol. The fraction of sp³-hybridized carbons (Fsp3) is 0. The van der Waals surface area contributed by atoms with Gasteiger partial charge in [-0.15, -0.1) is 0 Å². The van der Waals surface area contributed by atoms with Gasteiger partial charge in [0.05, 0.1) is 11.9 Å². The van der Waals surface area contributed by atoms with Crippen molar-refractivity contribution in [2.24, 2.45) is 0 Å². The van der Waals surface area contributed by atoms with E-state index in [2.05, 4.69) is 10.1 Å². The second-order valence-corrected chi connectivity index (χ2v) is 3.73. The average Bonchev–Trinajstić information content (AvgIpc) is 2.78. The zero-order chi connectivity index (χ0) is 12.7. The molecule has 6 nitrogen and oxygen atoms in total. The number of benzene rings is 1. The fourth-order valence-electron chi connectivity index (χ4n) is 1.72. The molecule has 3 aromatic rings. The molecule has 0 aliphatic carbocycles. The van der Waals surface area contributed by atoms with Crippen molar-refractivity contribution in [3.05, 3.63) is 53.0 Å². The lowest BCUT2D eigenvalue weighted by Crippen LogP contribution is -2.26. The monoisotopic (exact) mass is 245 g/mol. The molecule has 0 spiro atoms. The zero-order valence-corrected chi connectivity index (χ0v) is 9.12. The predicted octanol–water partition coefficient (Wildman–Crippen LogP) is 0.435. The maximum Gasteiger partial charge on any atom is 0.282 e. The van der Waals surface area contributed by atoms with Crippen molar-refractivity contribution in [2.45, 2.75) is 0 Å². The first-order valence-electron chi connectivity index (χ1n) is 5.13. The number of nitrogen functional groups attached to an aromatic ring is 1. The van der Waals surface area contributed by atoms with Crippen LogP contribution in [0.2, 0.25) is 0 Å². The Kier molecular flexibility index (Phi) is 2.12. The lowest BCUT2D eigenvalue weighted by molar-refractivity contribution is 0.625. The summed E-state index contributed by atoms with van der Waals surface area (Å²) in [4.78, 5) is 15.7. The van der Waals surface area contributed by atoms with E-state index in [4.69, 9.17) is 5.84 Å². The van der Waals surface area contributed by atoms with Gasteiger partial charge in [-0.25, -0.2) is 18.7 Å². The maximum atomic E-state index is 13.2. The molecule has 0 aliphatic heterocycles. The first-order valence-corrected chi connectivity index (χ1v) is 5.13. The van der Waals surface area contributed by atoms with Gasteiger partial charge in [0.2, 0.25) is 0 Å². The van der Waals surface area contributed by atoms with Gasteiger partial charge in [0.15, 0.2) is 5.65 Å². The van der Waals surface area contributed by atoms with Crippen LogP contribution in [-0.4, -0.2) is 19.4 Å². The van der Waals surface area contributed by atoms with Gasteiger partial charge >= 0.3 is 0 Å². The van der Waals surface area contributed by atoms with E-state index in [0.717, 1.165) is 4.68 Å². The SMILES string of the molecule is Nn1cnc2c(cnn2-c2cccc(F)c2)c1=O. The Morgan fingerprint density at radius 1 is 1.33 bits per heavy atom. The molecule has 2 N–H and O–H groups in total. The van der Waals surface area contributed by atoms with Crippen molar-refractivity contribution < 1.29 is 4.39 Å². The number of aromatic nitrogens is 4. The van der Waals surface area contributed by atoms with E-state index in [0.29, 0.717) is 11.3 Å². The molecular formula is C11H8FN5O. The van der Waals surface area contributed by atoms with Crippen molar-refractivity contribution in [1.82, 2.24) is 19.4 Å². The smallest absolute Gasteiger partial charge is 0.282 e. The third-order valence-corrected chi connectivity index (χ3v) is 2.57. The summed E-state index contributed by atoms with van der Waals surface area (Å²) in [6, 6.07) is 5.87. The minimum atomic E-state index is -0.400. The lowest BCUT2D eigenvalue weighted by Gasteiger charge is -2.02. The van der Waals surface area contributed by atoms with Crippen molar-refractivity contribution in [1.29, 1.82) is 0 Å². The number of rotatable bonds is 1. The molecule has 0 unspecified atom stereocenters. The molecule has 0 fully saturated rings. The highest BCUT2D eigenvalue weighted by atomic mass is 19.1. The van der Waals surface area contributed by atoms with Gasteiger partial charge in [0, 0.05) is 0 Å². The largest absolute Gasteiger partial charge is 0.335 e. The third-order valence-electron chi connectivity index (χ3n) is 2.57. The summed E-state index contributed by atoms with van der Waals surface area (Å²) in [6.07, 6.45) is 2.56. The van der Waals surface area contributed by atoms with E-state index in [1.54, 1.807) is 12.1 Å². The summed E-state index contributed by atoms with van der Waals surface area (Å²) >= 11 is 0. The maximum absolute atomic E-state index is 13.2. The van der Waals surface area contributed by atoms with Crippen LogP contribution >= 0.6 is 0 Å². The Morgan fingerprint density at radius 2 is 2.17 bits per heavy atom. The Hall–Kier alpha value is -2.70. The molecule has 0 bridgehead atoms. The summed E-state index contributed by atoms with van der Waals surface area (Å²) in [5.41, 5.74) is 0.432. The molecule has 7 heteroatoms. The number of hydrogen-bond acceptors (Lipinski definition) is 4. The molecule has 18 heavy (non-hydrogen) atoms. The van der Waals surface area contributed by atoms with Crippen LogP contribution in [0.4, 0.5) is 4.39 Å². The minimum absolute atomic E-state index is 0.282. The van der Waals surface area contributed by atoms with Gasteiger partial charge in [-0.3, -0.25) is 4.79 Å². The molecule has 3 rings (SSSR count). The highest BCUT2D eigenvalue weighted by Gasteiger charge is 2.10. The third kappa shape index (κ3) is 1.45. The van der Waals surface area contributed by atoms with Crippen LogP contribution in [0.3, 0.4) is 0 Å². The van der Waals surface area contributed by atoms with E-state index >= 15 is 0 Å². The number of nitrogens with two attached hydrogens (primary N) is 1. The number of fused-ring (bicyclic) bond motifs is 1. The quantitative estimate of drug-likeness (QED) is 0.631. The standard InChI is InChI=1S/C11H8FN5O/c12-7-2-1-3-8(4-7)17-10-9(5-15-17)11(18)16(13)6-14-10/h1-6H,13H2. The van der Waals surface area contributed by atoms with Crippen LogP contribution in [0.1, 0.15) is 0 Å².